The first-order valence-electron chi connectivity index (χ1n) is 5.34. The van der Waals surface area contributed by atoms with Gasteiger partial charge in [0.2, 0.25) is 0 Å². The summed E-state index contributed by atoms with van der Waals surface area (Å²) in [6, 6.07) is 8.42. The Morgan fingerprint density at radius 1 is 1.41 bits per heavy atom. The van der Waals surface area contributed by atoms with Gasteiger partial charge in [-0.1, -0.05) is 30.3 Å². The van der Waals surface area contributed by atoms with Crippen molar-refractivity contribution in [3.63, 3.8) is 0 Å². The van der Waals surface area contributed by atoms with Crippen molar-refractivity contribution in [2.24, 2.45) is 0 Å². The van der Waals surface area contributed by atoms with E-state index in [-0.39, 0.29) is 13.2 Å². The summed E-state index contributed by atoms with van der Waals surface area (Å²) in [6.45, 7) is -0.235. The molecule has 1 rings (SSSR count). The molecule has 1 aromatic carbocycles. The molecule has 0 saturated heterocycles. The number of rotatable bonds is 6. The molecule has 2 atom stereocenters. The highest BCUT2D eigenvalue weighted by molar-refractivity contribution is 5.77. The van der Waals surface area contributed by atoms with Gasteiger partial charge in [-0.2, -0.15) is 0 Å². The van der Waals surface area contributed by atoms with E-state index in [2.05, 4.69) is 10.1 Å². The third-order valence-electron chi connectivity index (χ3n) is 2.34. The first kappa shape index (κ1) is 13.6. The van der Waals surface area contributed by atoms with Gasteiger partial charge < -0.3 is 14.9 Å². The summed E-state index contributed by atoms with van der Waals surface area (Å²) in [7, 11) is 1.31. The lowest BCUT2D eigenvalue weighted by molar-refractivity contribution is -0.143. The number of aliphatic hydroxyl groups excluding tert-OH is 2. The molecule has 5 nitrogen and oxygen atoms in total. The van der Waals surface area contributed by atoms with E-state index in [9.17, 15) is 9.90 Å². The van der Waals surface area contributed by atoms with Gasteiger partial charge in [-0.15, -0.1) is 0 Å². The van der Waals surface area contributed by atoms with Crippen molar-refractivity contribution in [2.75, 3.05) is 20.3 Å². The SMILES string of the molecule is COC(=O)C(NCC(O)CO)c1ccccc1. The van der Waals surface area contributed by atoms with E-state index in [1.165, 1.54) is 7.11 Å². The van der Waals surface area contributed by atoms with Crippen molar-refractivity contribution in [2.45, 2.75) is 12.1 Å². The highest BCUT2D eigenvalue weighted by atomic mass is 16.5. The second-order valence-corrected chi connectivity index (χ2v) is 3.61. The van der Waals surface area contributed by atoms with Crippen LogP contribution in [0.1, 0.15) is 11.6 Å². The second-order valence-electron chi connectivity index (χ2n) is 3.61. The van der Waals surface area contributed by atoms with Crippen molar-refractivity contribution >= 4 is 5.97 Å². The number of methoxy groups -OCH3 is 1. The Morgan fingerprint density at radius 3 is 2.59 bits per heavy atom. The number of hydrogen-bond acceptors (Lipinski definition) is 5. The van der Waals surface area contributed by atoms with Gasteiger partial charge in [0.15, 0.2) is 0 Å². The summed E-state index contributed by atoms with van der Waals surface area (Å²) < 4.78 is 4.69. The highest BCUT2D eigenvalue weighted by Gasteiger charge is 2.21. The largest absolute Gasteiger partial charge is 0.468 e. The molecular weight excluding hydrogens is 222 g/mol. The second kappa shape index (κ2) is 7.01. The van der Waals surface area contributed by atoms with Crippen molar-refractivity contribution in [1.29, 1.82) is 0 Å². The molecule has 0 amide bonds. The first-order chi connectivity index (χ1) is 8.19. The van der Waals surface area contributed by atoms with Crippen LogP contribution in [-0.4, -0.2) is 42.5 Å². The van der Waals surface area contributed by atoms with Crippen molar-refractivity contribution in [1.82, 2.24) is 5.32 Å². The number of esters is 1. The van der Waals surface area contributed by atoms with Gasteiger partial charge in [0.25, 0.3) is 0 Å². The Balaban J connectivity index is 2.71. The number of aliphatic hydroxyl groups is 2. The Kier molecular flexibility index (Phi) is 5.62. The Morgan fingerprint density at radius 2 is 2.06 bits per heavy atom. The zero-order valence-electron chi connectivity index (χ0n) is 9.67. The minimum atomic E-state index is -0.897. The predicted molar refractivity (Wildman–Crippen MR) is 62.3 cm³/mol. The number of carbonyl (C=O) groups is 1. The third-order valence-corrected chi connectivity index (χ3v) is 2.34. The van der Waals surface area contributed by atoms with Crippen molar-refractivity contribution in [3.05, 3.63) is 35.9 Å². The van der Waals surface area contributed by atoms with Gasteiger partial charge in [-0.05, 0) is 5.56 Å². The zero-order valence-corrected chi connectivity index (χ0v) is 9.67. The minimum Gasteiger partial charge on any atom is -0.468 e. The summed E-state index contributed by atoms with van der Waals surface area (Å²) in [5.74, 6) is -0.429. The average molecular weight is 239 g/mol. The molecule has 0 radical (unpaired) electrons. The molecule has 0 aliphatic carbocycles. The van der Waals surface area contributed by atoms with E-state index in [1.54, 1.807) is 12.1 Å². The van der Waals surface area contributed by atoms with Crippen LogP contribution in [0.15, 0.2) is 30.3 Å². The van der Waals surface area contributed by atoms with Crippen LogP contribution in [0.5, 0.6) is 0 Å². The molecule has 0 bridgehead atoms. The van der Waals surface area contributed by atoms with Crippen molar-refractivity contribution in [3.8, 4) is 0 Å². The smallest absolute Gasteiger partial charge is 0.327 e. The fourth-order valence-corrected chi connectivity index (χ4v) is 1.42. The Hall–Kier alpha value is -1.43. The van der Waals surface area contributed by atoms with Crippen LogP contribution in [0, 0.1) is 0 Å². The van der Waals surface area contributed by atoms with Gasteiger partial charge >= 0.3 is 5.97 Å². The maximum atomic E-state index is 11.6. The van der Waals surface area contributed by atoms with Gasteiger partial charge in [0.1, 0.15) is 6.04 Å². The van der Waals surface area contributed by atoms with E-state index in [1.807, 2.05) is 18.2 Å². The first-order valence-corrected chi connectivity index (χ1v) is 5.34. The molecule has 5 heteroatoms. The lowest BCUT2D eigenvalue weighted by atomic mass is 10.1. The number of ether oxygens (including phenoxy) is 1. The zero-order chi connectivity index (χ0) is 12.7. The number of carbonyl (C=O) groups excluding carboxylic acids is 1. The van der Waals surface area contributed by atoms with Crippen LogP contribution >= 0.6 is 0 Å². The van der Waals surface area contributed by atoms with E-state index in [0.717, 1.165) is 5.56 Å². The quantitative estimate of drug-likeness (QED) is 0.601. The van der Waals surface area contributed by atoms with Gasteiger partial charge in [0.05, 0.1) is 19.8 Å². The number of nitrogens with one attached hydrogen (secondary N) is 1. The molecule has 0 saturated carbocycles. The van der Waals surface area contributed by atoms with Crippen LogP contribution in [-0.2, 0) is 9.53 Å². The molecule has 0 aliphatic heterocycles. The lowest BCUT2D eigenvalue weighted by Gasteiger charge is -2.18. The van der Waals surface area contributed by atoms with E-state index >= 15 is 0 Å². The number of benzene rings is 1. The summed E-state index contributed by atoms with van der Waals surface area (Å²) in [4.78, 5) is 11.6. The van der Waals surface area contributed by atoms with E-state index in [0.29, 0.717) is 0 Å². The molecule has 3 N–H and O–H groups in total. The topological polar surface area (TPSA) is 78.8 Å². The van der Waals surface area contributed by atoms with Crippen LogP contribution in [0.2, 0.25) is 0 Å². The molecular formula is C12H17NO4. The maximum absolute atomic E-state index is 11.6. The Labute approximate surface area is 100 Å². The van der Waals surface area contributed by atoms with Gasteiger partial charge in [-0.3, -0.25) is 5.32 Å². The molecule has 0 fully saturated rings. The maximum Gasteiger partial charge on any atom is 0.327 e. The summed E-state index contributed by atoms with van der Waals surface area (Å²) in [5.41, 5.74) is 0.754. The van der Waals surface area contributed by atoms with E-state index in [4.69, 9.17) is 5.11 Å². The minimum absolute atomic E-state index is 0.116. The van der Waals surface area contributed by atoms with Crippen LogP contribution in [0.4, 0.5) is 0 Å². The Bertz CT molecular complexity index is 342. The third kappa shape index (κ3) is 4.14. The van der Waals surface area contributed by atoms with Crippen molar-refractivity contribution < 1.29 is 19.7 Å². The predicted octanol–water partition coefficient (Wildman–Crippen LogP) is -0.157. The van der Waals surface area contributed by atoms with Crippen LogP contribution in [0.25, 0.3) is 0 Å². The summed E-state index contributed by atoms with van der Waals surface area (Å²) in [5, 5.41) is 20.8. The van der Waals surface area contributed by atoms with Crippen LogP contribution in [0.3, 0.4) is 0 Å². The fourth-order valence-electron chi connectivity index (χ4n) is 1.42. The molecule has 94 valence electrons. The molecule has 0 aromatic heterocycles. The fraction of sp³-hybridized carbons (Fsp3) is 0.417. The van der Waals surface area contributed by atoms with Gasteiger partial charge in [0, 0.05) is 6.54 Å². The van der Waals surface area contributed by atoms with E-state index < -0.39 is 18.1 Å². The molecule has 0 heterocycles. The summed E-state index contributed by atoms with van der Waals surface area (Å²) >= 11 is 0. The van der Waals surface area contributed by atoms with Gasteiger partial charge in [-0.25, -0.2) is 4.79 Å². The normalized spacial score (nSPS) is 14.1. The number of hydrogen-bond donors (Lipinski definition) is 3. The molecule has 1 aromatic rings. The summed E-state index contributed by atoms with van der Waals surface area (Å²) in [6.07, 6.45) is -0.897. The monoisotopic (exact) mass is 239 g/mol. The standard InChI is InChI=1S/C12H17NO4/c1-17-12(16)11(13-7-10(15)8-14)9-5-3-2-4-6-9/h2-6,10-11,13-15H,7-8H2,1H3. The van der Waals surface area contributed by atoms with Crippen LogP contribution < -0.4 is 5.32 Å². The molecule has 2 unspecified atom stereocenters. The molecule has 17 heavy (non-hydrogen) atoms. The molecule has 0 aliphatic rings. The molecule has 0 spiro atoms. The lowest BCUT2D eigenvalue weighted by Crippen LogP contribution is -2.36. The average Bonchev–Trinajstić information content (AvgIpc) is 2.39. The highest BCUT2D eigenvalue weighted by Crippen LogP contribution is 2.13.